The summed E-state index contributed by atoms with van der Waals surface area (Å²) in [7, 11) is 0. The van der Waals surface area contributed by atoms with Crippen LogP contribution in [0.2, 0.25) is 5.02 Å². The van der Waals surface area contributed by atoms with Gasteiger partial charge in [-0.05, 0) is 12.1 Å². The van der Waals surface area contributed by atoms with E-state index in [1.807, 2.05) is 30.3 Å². The first-order valence-electron chi connectivity index (χ1n) is 5.87. The standard InChI is InChI=1S/C16H11ClO2/c17-14-8-4-3-5-10(14)13-9-15(18)11-6-1-2-7-12(11)16(13)19/h1-9,18-19H. The van der Waals surface area contributed by atoms with E-state index in [2.05, 4.69) is 0 Å². The average molecular weight is 271 g/mol. The van der Waals surface area contributed by atoms with Crippen LogP contribution in [0.25, 0.3) is 21.9 Å². The Hall–Kier alpha value is -2.19. The molecular weight excluding hydrogens is 260 g/mol. The lowest BCUT2D eigenvalue weighted by Gasteiger charge is -2.11. The van der Waals surface area contributed by atoms with Crippen molar-refractivity contribution in [1.29, 1.82) is 0 Å². The average Bonchev–Trinajstić information content (AvgIpc) is 2.44. The minimum Gasteiger partial charge on any atom is -0.507 e. The normalized spacial score (nSPS) is 10.8. The van der Waals surface area contributed by atoms with E-state index in [-0.39, 0.29) is 11.5 Å². The second-order valence-corrected chi connectivity index (χ2v) is 4.72. The topological polar surface area (TPSA) is 40.5 Å². The van der Waals surface area contributed by atoms with E-state index < -0.39 is 0 Å². The Morgan fingerprint density at radius 3 is 2.11 bits per heavy atom. The largest absolute Gasteiger partial charge is 0.507 e. The molecule has 0 aliphatic rings. The van der Waals surface area contributed by atoms with Crippen LogP contribution in [0.3, 0.4) is 0 Å². The van der Waals surface area contributed by atoms with Crippen LogP contribution < -0.4 is 0 Å². The van der Waals surface area contributed by atoms with Gasteiger partial charge in [0.05, 0.1) is 0 Å². The fourth-order valence-corrected chi connectivity index (χ4v) is 2.46. The van der Waals surface area contributed by atoms with Gasteiger partial charge in [-0.3, -0.25) is 0 Å². The van der Waals surface area contributed by atoms with E-state index in [1.165, 1.54) is 0 Å². The number of benzene rings is 3. The number of hydrogen-bond acceptors (Lipinski definition) is 2. The first-order chi connectivity index (χ1) is 9.18. The molecule has 3 heteroatoms. The zero-order chi connectivity index (χ0) is 13.4. The summed E-state index contributed by atoms with van der Waals surface area (Å²) in [6.07, 6.45) is 0. The second kappa shape index (κ2) is 4.48. The first kappa shape index (κ1) is 11.9. The van der Waals surface area contributed by atoms with Gasteiger partial charge in [0.1, 0.15) is 11.5 Å². The van der Waals surface area contributed by atoms with Crippen molar-refractivity contribution in [1.82, 2.24) is 0 Å². The van der Waals surface area contributed by atoms with Crippen LogP contribution in [0, 0.1) is 0 Å². The Bertz CT molecular complexity index is 766. The molecule has 0 aromatic heterocycles. The van der Waals surface area contributed by atoms with Gasteiger partial charge in [0, 0.05) is 26.9 Å². The van der Waals surface area contributed by atoms with Crippen molar-refractivity contribution in [2.24, 2.45) is 0 Å². The highest BCUT2D eigenvalue weighted by atomic mass is 35.5. The summed E-state index contributed by atoms with van der Waals surface area (Å²) in [6, 6.07) is 15.9. The number of rotatable bonds is 1. The molecule has 0 saturated heterocycles. The van der Waals surface area contributed by atoms with Crippen molar-refractivity contribution in [2.75, 3.05) is 0 Å². The van der Waals surface area contributed by atoms with Gasteiger partial charge in [-0.25, -0.2) is 0 Å². The number of halogens is 1. The molecule has 0 aliphatic carbocycles. The molecule has 94 valence electrons. The molecule has 0 radical (unpaired) electrons. The molecule has 2 N–H and O–H groups in total. The Labute approximate surface area is 115 Å². The summed E-state index contributed by atoms with van der Waals surface area (Å²) < 4.78 is 0. The van der Waals surface area contributed by atoms with Gasteiger partial charge in [-0.2, -0.15) is 0 Å². The Kier molecular flexibility index (Phi) is 2.80. The lowest BCUT2D eigenvalue weighted by atomic mass is 9.99. The maximum atomic E-state index is 10.4. The first-order valence-corrected chi connectivity index (χ1v) is 6.25. The maximum Gasteiger partial charge on any atom is 0.131 e. The van der Waals surface area contributed by atoms with Gasteiger partial charge in [0.15, 0.2) is 0 Å². The highest BCUT2D eigenvalue weighted by Gasteiger charge is 2.13. The van der Waals surface area contributed by atoms with Crippen molar-refractivity contribution < 1.29 is 10.2 Å². The van der Waals surface area contributed by atoms with Crippen molar-refractivity contribution >= 4 is 22.4 Å². The highest BCUT2D eigenvalue weighted by molar-refractivity contribution is 6.33. The Balaban J connectivity index is 2.38. The van der Waals surface area contributed by atoms with Gasteiger partial charge < -0.3 is 10.2 Å². The third kappa shape index (κ3) is 1.90. The van der Waals surface area contributed by atoms with Gasteiger partial charge in [0.25, 0.3) is 0 Å². The van der Waals surface area contributed by atoms with E-state index in [1.54, 1.807) is 24.3 Å². The molecule has 0 aliphatic heterocycles. The Morgan fingerprint density at radius 1 is 0.737 bits per heavy atom. The van der Waals surface area contributed by atoms with E-state index in [9.17, 15) is 10.2 Å². The minimum atomic E-state index is 0.126. The lowest BCUT2D eigenvalue weighted by Crippen LogP contribution is -1.84. The van der Waals surface area contributed by atoms with Crippen LogP contribution in [-0.4, -0.2) is 10.2 Å². The summed E-state index contributed by atoms with van der Waals surface area (Å²) in [5, 5.41) is 22.2. The van der Waals surface area contributed by atoms with E-state index in [0.717, 1.165) is 0 Å². The summed E-state index contributed by atoms with van der Waals surface area (Å²) in [5.74, 6) is 0.254. The van der Waals surface area contributed by atoms with Gasteiger partial charge in [-0.15, -0.1) is 0 Å². The van der Waals surface area contributed by atoms with Crippen molar-refractivity contribution in [3.05, 3.63) is 59.6 Å². The van der Waals surface area contributed by atoms with E-state index >= 15 is 0 Å². The van der Waals surface area contributed by atoms with E-state index in [4.69, 9.17) is 11.6 Å². The van der Waals surface area contributed by atoms with Crippen molar-refractivity contribution in [2.45, 2.75) is 0 Å². The minimum absolute atomic E-state index is 0.126. The number of phenols is 2. The van der Waals surface area contributed by atoms with Crippen LogP contribution in [0.1, 0.15) is 0 Å². The van der Waals surface area contributed by atoms with Gasteiger partial charge >= 0.3 is 0 Å². The van der Waals surface area contributed by atoms with Gasteiger partial charge in [0.2, 0.25) is 0 Å². The van der Waals surface area contributed by atoms with Crippen molar-refractivity contribution in [3.8, 4) is 22.6 Å². The molecule has 0 spiro atoms. The van der Waals surface area contributed by atoms with E-state index in [0.29, 0.717) is 26.9 Å². The zero-order valence-electron chi connectivity index (χ0n) is 9.97. The second-order valence-electron chi connectivity index (χ2n) is 4.32. The van der Waals surface area contributed by atoms with Gasteiger partial charge in [-0.1, -0.05) is 54.1 Å². The number of aromatic hydroxyl groups is 2. The number of phenolic OH excluding ortho intramolecular Hbond substituents is 2. The molecule has 0 heterocycles. The third-order valence-electron chi connectivity index (χ3n) is 3.16. The Morgan fingerprint density at radius 2 is 1.37 bits per heavy atom. The summed E-state index contributed by atoms with van der Waals surface area (Å²) >= 11 is 6.14. The molecular formula is C16H11ClO2. The molecule has 0 bridgehead atoms. The molecule has 3 aromatic rings. The fraction of sp³-hybridized carbons (Fsp3) is 0. The molecule has 3 rings (SSSR count). The monoisotopic (exact) mass is 270 g/mol. The number of hydrogen-bond donors (Lipinski definition) is 2. The molecule has 0 saturated carbocycles. The van der Waals surface area contributed by atoms with Crippen LogP contribution in [0.4, 0.5) is 0 Å². The predicted octanol–water partition coefficient (Wildman–Crippen LogP) is 4.57. The SMILES string of the molecule is Oc1cc(-c2ccccc2Cl)c(O)c2ccccc12. The molecule has 3 aromatic carbocycles. The fourth-order valence-electron chi connectivity index (χ4n) is 2.23. The zero-order valence-corrected chi connectivity index (χ0v) is 10.7. The van der Waals surface area contributed by atoms with Crippen LogP contribution in [0.5, 0.6) is 11.5 Å². The summed E-state index contributed by atoms with van der Waals surface area (Å²) in [5.41, 5.74) is 1.23. The van der Waals surface area contributed by atoms with Crippen molar-refractivity contribution in [3.63, 3.8) is 0 Å². The third-order valence-corrected chi connectivity index (χ3v) is 3.49. The molecule has 0 amide bonds. The molecule has 0 unspecified atom stereocenters. The smallest absolute Gasteiger partial charge is 0.131 e. The molecule has 19 heavy (non-hydrogen) atoms. The maximum absolute atomic E-state index is 10.4. The quantitative estimate of drug-likeness (QED) is 0.636. The molecule has 0 atom stereocenters. The van der Waals surface area contributed by atoms with Crippen LogP contribution in [0.15, 0.2) is 54.6 Å². The number of fused-ring (bicyclic) bond motifs is 1. The molecule has 2 nitrogen and oxygen atoms in total. The van der Waals surface area contributed by atoms with Crippen LogP contribution in [-0.2, 0) is 0 Å². The summed E-state index contributed by atoms with van der Waals surface area (Å²) in [6.45, 7) is 0. The lowest BCUT2D eigenvalue weighted by molar-refractivity contribution is 0.471. The highest BCUT2D eigenvalue weighted by Crippen LogP contribution is 2.42. The summed E-state index contributed by atoms with van der Waals surface area (Å²) in [4.78, 5) is 0. The van der Waals surface area contributed by atoms with Crippen LogP contribution >= 0.6 is 11.6 Å². The molecule has 0 fully saturated rings. The predicted molar refractivity (Wildman–Crippen MR) is 77.7 cm³/mol.